The van der Waals surface area contributed by atoms with Crippen molar-refractivity contribution in [1.29, 1.82) is 0 Å². The Labute approximate surface area is 88.0 Å². The highest BCUT2D eigenvalue weighted by Crippen LogP contribution is 2.33. The van der Waals surface area contributed by atoms with E-state index in [1.807, 2.05) is 13.1 Å². The average molecular weight is 206 g/mol. The fraction of sp³-hybridized carbons (Fsp3) is 0.455. The van der Waals surface area contributed by atoms with Gasteiger partial charge in [0.15, 0.2) is 0 Å². The van der Waals surface area contributed by atoms with E-state index in [0.29, 0.717) is 0 Å². The smallest absolute Gasteiger partial charge is 0.125 e. The second kappa shape index (κ2) is 3.02. The van der Waals surface area contributed by atoms with Gasteiger partial charge in [-0.15, -0.1) is 11.3 Å². The SMILES string of the molecule is Cc1ncc2csc(C(C)(C)C)c2n1. The van der Waals surface area contributed by atoms with E-state index in [1.54, 1.807) is 11.3 Å². The zero-order chi connectivity index (χ0) is 10.3. The van der Waals surface area contributed by atoms with Crippen LogP contribution in [0.15, 0.2) is 11.6 Å². The molecule has 0 radical (unpaired) electrons. The van der Waals surface area contributed by atoms with Gasteiger partial charge in [0.25, 0.3) is 0 Å². The highest BCUT2D eigenvalue weighted by molar-refractivity contribution is 7.11. The highest BCUT2D eigenvalue weighted by Gasteiger charge is 2.19. The molecule has 2 heterocycles. The van der Waals surface area contributed by atoms with Crippen molar-refractivity contribution in [3.05, 3.63) is 22.3 Å². The number of aryl methyl sites for hydroxylation is 1. The Hall–Kier alpha value is -0.960. The maximum atomic E-state index is 4.50. The first kappa shape index (κ1) is 9.59. The van der Waals surface area contributed by atoms with Crippen molar-refractivity contribution in [3.8, 4) is 0 Å². The van der Waals surface area contributed by atoms with Gasteiger partial charge in [0.05, 0.1) is 5.52 Å². The van der Waals surface area contributed by atoms with Crippen molar-refractivity contribution in [3.63, 3.8) is 0 Å². The summed E-state index contributed by atoms with van der Waals surface area (Å²) in [6.45, 7) is 8.59. The fourth-order valence-electron chi connectivity index (χ4n) is 1.46. The lowest BCUT2D eigenvalue weighted by atomic mass is 9.94. The van der Waals surface area contributed by atoms with Crippen LogP contribution in [0, 0.1) is 6.92 Å². The largest absolute Gasteiger partial charge is 0.241 e. The molecule has 0 saturated heterocycles. The Kier molecular flexibility index (Phi) is 2.07. The summed E-state index contributed by atoms with van der Waals surface area (Å²) in [5.74, 6) is 0.849. The van der Waals surface area contributed by atoms with E-state index >= 15 is 0 Å². The first-order valence-electron chi connectivity index (χ1n) is 4.70. The summed E-state index contributed by atoms with van der Waals surface area (Å²) >= 11 is 1.78. The van der Waals surface area contributed by atoms with Gasteiger partial charge in [-0.1, -0.05) is 20.8 Å². The second-order valence-corrected chi connectivity index (χ2v) is 5.42. The van der Waals surface area contributed by atoms with E-state index in [1.165, 1.54) is 4.88 Å². The minimum Gasteiger partial charge on any atom is -0.241 e. The molecule has 2 aromatic rings. The van der Waals surface area contributed by atoms with Crippen molar-refractivity contribution in [2.75, 3.05) is 0 Å². The standard InChI is InChI=1S/C11H14N2S/c1-7-12-5-8-6-14-10(9(8)13-7)11(2,3)4/h5-6H,1-4H3. The van der Waals surface area contributed by atoms with Crippen LogP contribution in [0.5, 0.6) is 0 Å². The molecule has 2 rings (SSSR count). The molecule has 0 bridgehead atoms. The third-order valence-corrected chi connectivity index (χ3v) is 3.55. The van der Waals surface area contributed by atoms with Crippen LogP contribution < -0.4 is 0 Å². The summed E-state index contributed by atoms with van der Waals surface area (Å²) in [5.41, 5.74) is 1.29. The summed E-state index contributed by atoms with van der Waals surface area (Å²) in [7, 11) is 0. The van der Waals surface area contributed by atoms with E-state index in [9.17, 15) is 0 Å². The Morgan fingerprint density at radius 1 is 1.29 bits per heavy atom. The lowest BCUT2D eigenvalue weighted by Crippen LogP contribution is -2.09. The molecule has 0 amide bonds. The quantitative estimate of drug-likeness (QED) is 0.661. The van der Waals surface area contributed by atoms with Crippen LogP contribution in [0.3, 0.4) is 0 Å². The Balaban J connectivity index is 2.73. The molecule has 3 heteroatoms. The van der Waals surface area contributed by atoms with Gasteiger partial charge in [0.1, 0.15) is 5.82 Å². The van der Waals surface area contributed by atoms with Crippen molar-refractivity contribution < 1.29 is 0 Å². The van der Waals surface area contributed by atoms with E-state index in [-0.39, 0.29) is 5.41 Å². The first-order chi connectivity index (χ1) is 6.48. The number of thiophene rings is 1. The maximum Gasteiger partial charge on any atom is 0.125 e. The van der Waals surface area contributed by atoms with Gasteiger partial charge in [-0.3, -0.25) is 0 Å². The number of hydrogen-bond donors (Lipinski definition) is 0. The third kappa shape index (κ3) is 1.52. The van der Waals surface area contributed by atoms with Crippen LogP contribution in [0.1, 0.15) is 31.5 Å². The molecule has 0 aliphatic rings. The van der Waals surface area contributed by atoms with Crippen LogP contribution in [0.2, 0.25) is 0 Å². The van der Waals surface area contributed by atoms with Gasteiger partial charge in [-0.25, -0.2) is 9.97 Å². The molecular formula is C11H14N2S. The molecule has 14 heavy (non-hydrogen) atoms. The summed E-state index contributed by atoms with van der Waals surface area (Å²) in [6, 6.07) is 0. The predicted octanol–water partition coefficient (Wildman–Crippen LogP) is 3.30. The van der Waals surface area contributed by atoms with E-state index < -0.39 is 0 Å². The molecule has 0 aliphatic carbocycles. The molecule has 0 aliphatic heterocycles. The number of fused-ring (bicyclic) bond motifs is 1. The minimum atomic E-state index is 0.174. The predicted molar refractivity (Wildman–Crippen MR) is 60.9 cm³/mol. The topological polar surface area (TPSA) is 25.8 Å². The van der Waals surface area contributed by atoms with Crippen LogP contribution in [-0.4, -0.2) is 9.97 Å². The van der Waals surface area contributed by atoms with Gasteiger partial charge in [0, 0.05) is 21.8 Å². The molecule has 0 N–H and O–H groups in total. The van der Waals surface area contributed by atoms with Gasteiger partial charge >= 0.3 is 0 Å². The molecule has 0 saturated carbocycles. The summed E-state index contributed by atoms with van der Waals surface area (Å²) in [5, 5.41) is 3.29. The Morgan fingerprint density at radius 3 is 2.64 bits per heavy atom. The van der Waals surface area contributed by atoms with Crippen molar-refractivity contribution >= 4 is 22.2 Å². The van der Waals surface area contributed by atoms with E-state index in [0.717, 1.165) is 16.7 Å². The number of rotatable bonds is 0. The third-order valence-electron chi connectivity index (χ3n) is 2.14. The summed E-state index contributed by atoms with van der Waals surface area (Å²) in [4.78, 5) is 10.0. The fourth-order valence-corrected chi connectivity index (χ4v) is 2.50. The number of aromatic nitrogens is 2. The zero-order valence-electron chi connectivity index (χ0n) is 8.96. The molecule has 2 nitrogen and oxygen atoms in total. The monoisotopic (exact) mass is 206 g/mol. The van der Waals surface area contributed by atoms with Gasteiger partial charge in [0.2, 0.25) is 0 Å². The Bertz CT molecular complexity index is 466. The lowest BCUT2D eigenvalue weighted by Gasteiger charge is -2.16. The summed E-state index contributed by atoms with van der Waals surface area (Å²) in [6.07, 6.45) is 1.91. The molecule has 0 spiro atoms. The van der Waals surface area contributed by atoms with Crippen LogP contribution in [0.25, 0.3) is 10.9 Å². The molecule has 74 valence electrons. The average Bonchev–Trinajstić information content (AvgIpc) is 2.45. The molecule has 2 aromatic heterocycles. The van der Waals surface area contributed by atoms with Crippen LogP contribution in [-0.2, 0) is 5.41 Å². The van der Waals surface area contributed by atoms with Crippen molar-refractivity contribution in [2.24, 2.45) is 0 Å². The van der Waals surface area contributed by atoms with Crippen molar-refractivity contribution in [2.45, 2.75) is 33.1 Å². The van der Waals surface area contributed by atoms with Gasteiger partial charge in [-0.05, 0) is 12.3 Å². The zero-order valence-corrected chi connectivity index (χ0v) is 9.77. The minimum absolute atomic E-state index is 0.174. The number of hydrogen-bond acceptors (Lipinski definition) is 3. The highest BCUT2D eigenvalue weighted by atomic mass is 32.1. The normalized spacial score (nSPS) is 12.3. The van der Waals surface area contributed by atoms with Gasteiger partial charge < -0.3 is 0 Å². The number of nitrogens with zero attached hydrogens (tertiary/aromatic N) is 2. The maximum absolute atomic E-state index is 4.50. The van der Waals surface area contributed by atoms with Gasteiger partial charge in [-0.2, -0.15) is 0 Å². The lowest BCUT2D eigenvalue weighted by molar-refractivity contribution is 0.607. The molecule has 0 aromatic carbocycles. The molecular weight excluding hydrogens is 192 g/mol. The summed E-state index contributed by atoms with van der Waals surface area (Å²) < 4.78 is 0. The van der Waals surface area contributed by atoms with E-state index in [2.05, 4.69) is 36.1 Å². The molecule has 0 atom stereocenters. The molecule has 0 unspecified atom stereocenters. The second-order valence-electron chi connectivity index (χ2n) is 4.54. The van der Waals surface area contributed by atoms with Crippen LogP contribution >= 0.6 is 11.3 Å². The van der Waals surface area contributed by atoms with E-state index in [4.69, 9.17) is 0 Å². The molecule has 0 fully saturated rings. The van der Waals surface area contributed by atoms with Crippen molar-refractivity contribution in [1.82, 2.24) is 9.97 Å². The Morgan fingerprint density at radius 2 is 2.00 bits per heavy atom. The van der Waals surface area contributed by atoms with Crippen LogP contribution in [0.4, 0.5) is 0 Å². The first-order valence-corrected chi connectivity index (χ1v) is 5.58.